The Morgan fingerprint density at radius 3 is 2.24 bits per heavy atom. The van der Waals surface area contributed by atoms with Crippen LogP contribution in [-0.2, 0) is 14.3 Å². The Kier molecular flexibility index (Phi) is 7.51. The van der Waals surface area contributed by atoms with E-state index in [1.54, 1.807) is 13.8 Å². The van der Waals surface area contributed by atoms with Crippen LogP contribution in [0.3, 0.4) is 0 Å². The lowest BCUT2D eigenvalue weighted by Gasteiger charge is -2.18. The Hall–Kier alpha value is -2.97. The smallest absolute Gasteiger partial charge is 0.387 e. The van der Waals surface area contributed by atoms with Crippen LogP contribution in [0.15, 0.2) is 30.3 Å². The van der Waals surface area contributed by atoms with Crippen LogP contribution in [0.5, 0.6) is 5.75 Å². The molecule has 0 aromatic heterocycles. The predicted octanol–water partition coefficient (Wildman–Crippen LogP) is 2.06. The minimum atomic E-state index is -2.92. The van der Waals surface area contributed by atoms with Gasteiger partial charge in [-0.25, -0.2) is 9.59 Å². The van der Waals surface area contributed by atoms with Crippen LogP contribution >= 0.6 is 0 Å². The van der Waals surface area contributed by atoms with E-state index in [-0.39, 0.29) is 11.7 Å². The first-order valence-electron chi connectivity index (χ1n) is 7.23. The number of imide groups is 1. The molecule has 0 radical (unpaired) electrons. The molecule has 3 N–H and O–H groups in total. The average Bonchev–Trinajstić information content (AvgIpc) is 2.50. The standard InChI is InChI=1S/C16H18F2N2O5/c1-9(2)13(14(22)20-16(19)23)25-12(21)8-5-10-3-6-11(7-4-10)24-15(17)18/h3-9,13,15H,1-2H3,(H3,19,20,22,23)/b8-5+/t13-/m1/s1. The van der Waals surface area contributed by atoms with Crippen molar-refractivity contribution in [3.05, 3.63) is 35.9 Å². The number of nitrogens with two attached hydrogens (primary N) is 1. The lowest BCUT2D eigenvalue weighted by atomic mass is 10.1. The third-order valence-corrected chi connectivity index (χ3v) is 2.87. The Balaban J connectivity index is 2.68. The fraction of sp³-hybridized carbons (Fsp3) is 0.312. The molecule has 0 saturated carbocycles. The van der Waals surface area contributed by atoms with Gasteiger partial charge in [-0.15, -0.1) is 0 Å². The summed E-state index contributed by atoms with van der Waals surface area (Å²) in [6, 6.07) is 4.50. The van der Waals surface area contributed by atoms with E-state index in [9.17, 15) is 23.2 Å². The van der Waals surface area contributed by atoms with E-state index in [4.69, 9.17) is 10.5 Å². The van der Waals surface area contributed by atoms with Crippen molar-refractivity contribution in [2.75, 3.05) is 0 Å². The molecule has 1 aromatic carbocycles. The molecule has 9 heteroatoms. The number of hydrogen-bond donors (Lipinski definition) is 2. The van der Waals surface area contributed by atoms with Crippen LogP contribution in [0.1, 0.15) is 19.4 Å². The number of hydrogen-bond acceptors (Lipinski definition) is 5. The number of ether oxygens (including phenoxy) is 2. The zero-order valence-electron chi connectivity index (χ0n) is 13.6. The summed E-state index contributed by atoms with van der Waals surface area (Å²) in [6.45, 7) is 0.337. The molecule has 0 spiro atoms. The first kappa shape index (κ1) is 20.1. The third-order valence-electron chi connectivity index (χ3n) is 2.87. The number of nitrogens with one attached hydrogen (secondary N) is 1. The van der Waals surface area contributed by atoms with E-state index < -0.39 is 30.6 Å². The Morgan fingerprint density at radius 2 is 1.76 bits per heavy atom. The summed E-state index contributed by atoms with van der Waals surface area (Å²) in [5, 5.41) is 1.85. The molecule has 7 nitrogen and oxygen atoms in total. The molecule has 1 rings (SSSR count). The molecule has 1 atom stereocenters. The van der Waals surface area contributed by atoms with Gasteiger partial charge in [0.25, 0.3) is 5.91 Å². The van der Waals surface area contributed by atoms with Gasteiger partial charge in [0.1, 0.15) is 5.75 Å². The third kappa shape index (κ3) is 7.42. The van der Waals surface area contributed by atoms with E-state index in [1.807, 2.05) is 5.32 Å². The molecule has 0 saturated heterocycles. The normalized spacial score (nSPS) is 12.2. The summed E-state index contributed by atoms with van der Waals surface area (Å²) >= 11 is 0. The lowest BCUT2D eigenvalue weighted by Crippen LogP contribution is -2.45. The molecular weight excluding hydrogens is 338 g/mol. The van der Waals surface area contributed by atoms with Gasteiger partial charge in [0.2, 0.25) is 0 Å². The van der Waals surface area contributed by atoms with E-state index in [2.05, 4.69) is 4.74 Å². The van der Waals surface area contributed by atoms with Crippen LogP contribution < -0.4 is 15.8 Å². The fourth-order valence-corrected chi connectivity index (χ4v) is 1.77. The van der Waals surface area contributed by atoms with Gasteiger partial charge in [-0.05, 0) is 29.7 Å². The Labute approximate surface area is 142 Å². The molecule has 1 aromatic rings. The molecule has 0 aliphatic rings. The van der Waals surface area contributed by atoms with Crippen LogP contribution in [0.2, 0.25) is 0 Å². The van der Waals surface area contributed by atoms with Crippen molar-refractivity contribution < 1.29 is 32.6 Å². The Morgan fingerprint density at radius 1 is 1.16 bits per heavy atom. The number of rotatable bonds is 7. The van der Waals surface area contributed by atoms with Crippen LogP contribution in [0.4, 0.5) is 13.6 Å². The van der Waals surface area contributed by atoms with Crippen molar-refractivity contribution in [2.24, 2.45) is 11.7 Å². The largest absolute Gasteiger partial charge is 0.449 e. The van der Waals surface area contributed by atoms with Crippen molar-refractivity contribution >= 4 is 24.0 Å². The van der Waals surface area contributed by atoms with E-state index in [1.165, 1.54) is 30.3 Å². The van der Waals surface area contributed by atoms with Crippen molar-refractivity contribution in [1.29, 1.82) is 0 Å². The summed E-state index contributed by atoms with van der Waals surface area (Å²) in [7, 11) is 0. The summed E-state index contributed by atoms with van der Waals surface area (Å²) in [5.74, 6) is -2.04. The second kappa shape index (κ2) is 9.36. The number of halogens is 2. The molecule has 25 heavy (non-hydrogen) atoms. The second-order valence-electron chi connectivity index (χ2n) is 5.24. The number of esters is 1. The van der Waals surface area contributed by atoms with Gasteiger partial charge in [-0.3, -0.25) is 10.1 Å². The number of carbonyl (C=O) groups excluding carboxylic acids is 3. The minimum absolute atomic E-state index is 0.0160. The van der Waals surface area contributed by atoms with E-state index >= 15 is 0 Å². The van der Waals surface area contributed by atoms with Crippen molar-refractivity contribution in [2.45, 2.75) is 26.6 Å². The molecule has 0 fully saturated rings. The number of benzene rings is 1. The van der Waals surface area contributed by atoms with Gasteiger partial charge in [-0.1, -0.05) is 26.0 Å². The lowest BCUT2D eigenvalue weighted by molar-refractivity contribution is -0.153. The van der Waals surface area contributed by atoms with Crippen molar-refractivity contribution in [1.82, 2.24) is 5.32 Å². The molecular formula is C16H18F2N2O5. The highest BCUT2D eigenvalue weighted by atomic mass is 19.3. The van der Waals surface area contributed by atoms with E-state index in [0.717, 1.165) is 6.08 Å². The molecule has 136 valence electrons. The predicted molar refractivity (Wildman–Crippen MR) is 84.6 cm³/mol. The van der Waals surface area contributed by atoms with Crippen molar-refractivity contribution in [3.63, 3.8) is 0 Å². The number of amides is 3. The van der Waals surface area contributed by atoms with Crippen LogP contribution in [0, 0.1) is 5.92 Å². The number of alkyl halides is 2. The van der Waals surface area contributed by atoms with Crippen molar-refractivity contribution in [3.8, 4) is 5.75 Å². The van der Waals surface area contributed by atoms with Gasteiger partial charge in [0, 0.05) is 6.08 Å². The summed E-state index contributed by atoms with van der Waals surface area (Å²) in [6.07, 6.45) is 1.25. The quantitative estimate of drug-likeness (QED) is 0.574. The molecule has 3 amide bonds. The summed E-state index contributed by atoms with van der Waals surface area (Å²) in [4.78, 5) is 34.3. The maximum absolute atomic E-state index is 12.0. The topological polar surface area (TPSA) is 108 Å². The number of carbonyl (C=O) groups is 3. The van der Waals surface area contributed by atoms with Gasteiger partial charge in [0.05, 0.1) is 0 Å². The minimum Gasteiger partial charge on any atom is -0.449 e. The molecule has 0 bridgehead atoms. The van der Waals surface area contributed by atoms with E-state index in [0.29, 0.717) is 5.56 Å². The summed E-state index contributed by atoms with van der Waals surface area (Å²) in [5.41, 5.74) is 5.39. The van der Waals surface area contributed by atoms with Gasteiger partial charge < -0.3 is 15.2 Å². The second-order valence-corrected chi connectivity index (χ2v) is 5.24. The molecule has 0 heterocycles. The fourth-order valence-electron chi connectivity index (χ4n) is 1.77. The number of primary amides is 1. The van der Waals surface area contributed by atoms with Gasteiger partial charge in [0.15, 0.2) is 6.10 Å². The maximum Gasteiger partial charge on any atom is 0.387 e. The zero-order valence-corrected chi connectivity index (χ0v) is 13.6. The van der Waals surface area contributed by atoms with Gasteiger partial charge in [-0.2, -0.15) is 8.78 Å². The van der Waals surface area contributed by atoms with Crippen LogP contribution in [-0.4, -0.2) is 30.6 Å². The average molecular weight is 356 g/mol. The highest BCUT2D eigenvalue weighted by Crippen LogP contribution is 2.16. The number of urea groups is 1. The molecule has 0 aliphatic heterocycles. The van der Waals surface area contributed by atoms with Gasteiger partial charge >= 0.3 is 18.6 Å². The Bertz CT molecular complexity index is 644. The monoisotopic (exact) mass is 356 g/mol. The highest BCUT2D eigenvalue weighted by Gasteiger charge is 2.26. The highest BCUT2D eigenvalue weighted by molar-refractivity contribution is 5.97. The maximum atomic E-state index is 12.0. The summed E-state index contributed by atoms with van der Waals surface area (Å²) < 4.78 is 33.3. The SMILES string of the molecule is CC(C)[C@@H](OC(=O)/C=C/c1ccc(OC(F)F)cc1)C(=O)NC(N)=O. The first-order chi connectivity index (χ1) is 11.7. The first-order valence-corrected chi connectivity index (χ1v) is 7.23. The molecule has 0 aliphatic carbocycles. The zero-order chi connectivity index (χ0) is 19.0. The van der Waals surface area contributed by atoms with Crippen LogP contribution in [0.25, 0.3) is 6.08 Å². The molecule has 0 unspecified atom stereocenters.